The Hall–Kier alpha value is -4.00. The average molecular weight is 400 g/mol. The quantitative estimate of drug-likeness (QED) is 0.458. The molecule has 7 nitrogen and oxygen atoms in total. The molecule has 5 rings (SSSR count). The molecule has 0 saturated carbocycles. The number of H-pyrrole nitrogens is 1. The van der Waals surface area contributed by atoms with Crippen LogP contribution in [0.3, 0.4) is 0 Å². The van der Waals surface area contributed by atoms with Crippen molar-refractivity contribution in [2.75, 3.05) is 12.4 Å². The number of anilines is 1. The molecule has 0 fully saturated rings. The summed E-state index contributed by atoms with van der Waals surface area (Å²) in [5, 5.41) is 4.29. The molecule has 2 N–H and O–H groups in total. The van der Waals surface area contributed by atoms with Gasteiger partial charge in [-0.05, 0) is 54.3 Å². The van der Waals surface area contributed by atoms with Gasteiger partial charge < -0.3 is 19.5 Å². The predicted molar refractivity (Wildman–Crippen MR) is 116 cm³/mol. The zero-order valence-electron chi connectivity index (χ0n) is 16.6. The molecule has 0 saturated heterocycles. The Morgan fingerprint density at radius 3 is 2.90 bits per heavy atom. The van der Waals surface area contributed by atoms with E-state index < -0.39 is 0 Å². The smallest absolute Gasteiger partial charge is 0.258 e. The van der Waals surface area contributed by atoms with E-state index in [1.807, 2.05) is 66.1 Å². The molecule has 0 amide bonds. The summed E-state index contributed by atoms with van der Waals surface area (Å²) in [5.41, 5.74) is 3.41. The van der Waals surface area contributed by atoms with Crippen LogP contribution in [0.5, 0.6) is 5.75 Å². The number of hydrogen-bond donors (Lipinski definition) is 2. The molecule has 0 aliphatic heterocycles. The van der Waals surface area contributed by atoms with Gasteiger partial charge in [0.25, 0.3) is 5.56 Å². The maximum atomic E-state index is 13.0. The van der Waals surface area contributed by atoms with E-state index in [0.717, 1.165) is 28.2 Å². The minimum atomic E-state index is -0.210. The number of aryl methyl sites for hydroxylation is 1. The molecule has 0 aliphatic carbocycles. The van der Waals surface area contributed by atoms with E-state index in [1.165, 1.54) is 0 Å². The summed E-state index contributed by atoms with van der Waals surface area (Å²) >= 11 is 0. The molecular weight excluding hydrogens is 380 g/mol. The lowest BCUT2D eigenvalue weighted by molar-refractivity contribution is 0.415. The Balaban J connectivity index is 1.69. The molecule has 150 valence electrons. The molecule has 30 heavy (non-hydrogen) atoms. The second-order valence-corrected chi connectivity index (χ2v) is 7.09. The minimum Gasteiger partial charge on any atom is -0.497 e. The summed E-state index contributed by atoms with van der Waals surface area (Å²) in [5.74, 6) is 2.22. The van der Waals surface area contributed by atoms with Gasteiger partial charge in [-0.1, -0.05) is 6.07 Å². The van der Waals surface area contributed by atoms with Gasteiger partial charge in [0.15, 0.2) is 0 Å². The van der Waals surface area contributed by atoms with Crippen molar-refractivity contribution in [2.24, 2.45) is 0 Å². The van der Waals surface area contributed by atoms with E-state index in [9.17, 15) is 4.79 Å². The number of methoxy groups -OCH3 is 1. The van der Waals surface area contributed by atoms with Crippen molar-refractivity contribution in [2.45, 2.75) is 13.5 Å². The van der Waals surface area contributed by atoms with Crippen LogP contribution in [0.25, 0.3) is 27.8 Å². The van der Waals surface area contributed by atoms with Crippen LogP contribution in [0.2, 0.25) is 0 Å². The molecule has 0 aliphatic rings. The van der Waals surface area contributed by atoms with Crippen molar-refractivity contribution >= 4 is 22.4 Å². The molecule has 0 spiro atoms. The molecule has 0 unspecified atom stereocenters. The number of aromatic amines is 1. The van der Waals surface area contributed by atoms with Gasteiger partial charge in [0.1, 0.15) is 28.7 Å². The third-order valence-electron chi connectivity index (χ3n) is 5.16. The zero-order valence-corrected chi connectivity index (χ0v) is 16.6. The minimum absolute atomic E-state index is 0.210. The highest BCUT2D eigenvalue weighted by Gasteiger charge is 2.18. The van der Waals surface area contributed by atoms with E-state index in [1.54, 1.807) is 13.4 Å². The molecule has 4 aromatic heterocycles. The van der Waals surface area contributed by atoms with Crippen molar-refractivity contribution in [3.63, 3.8) is 0 Å². The van der Waals surface area contributed by atoms with E-state index in [2.05, 4.69) is 10.3 Å². The highest BCUT2D eigenvalue weighted by atomic mass is 16.5. The maximum Gasteiger partial charge on any atom is 0.258 e. The van der Waals surface area contributed by atoms with Crippen LogP contribution < -0.4 is 15.6 Å². The Bertz CT molecular complexity index is 1410. The summed E-state index contributed by atoms with van der Waals surface area (Å²) < 4.78 is 12.7. The lowest BCUT2D eigenvalue weighted by Crippen LogP contribution is -2.11. The van der Waals surface area contributed by atoms with Crippen LogP contribution in [0.15, 0.2) is 70.2 Å². The topological polar surface area (TPSA) is 84.6 Å². The Morgan fingerprint density at radius 1 is 1.20 bits per heavy atom. The second kappa shape index (κ2) is 7.11. The SMILES string of the molecule is COc1ccc2cc(-c3nc4c(C)cccn4c3NCc3ccco3)c(=O)[nH]c2c1. The van der Waals surface area contributed by atoms with Gasteiger partial charge in [-0.15, -0.1) is 0 Å². The monoisotopic (exact) mass is 400 g/mol. The fraction of sp³-hybridized carbons (Fsp3) is 0.130. The van der Waals surface area contributed by atoms with Crippen LogP contribution in [-0.4, -0.2) is 21.5 Å². The highest BCUT2D eigenvalue weighted by Crippen LogP contribution is 2.30. The first-order valence-electron chi connectivity index (χ1n) is 9.59. The summed E-state index contributed by atoms with van der Waals surface area (Å²) in [6.07, 6.45) is 3.57. The summed E-state index contributed by atoms with van der Waals surface area (Å²) in [6.45, 7) is 2.48. The summed E-state index contributed by atoms with van der Waals surface area (Å²) in [6, 6.07) is 15.2. The van der Waals surface area contributed by atoms with Crippen LogP contribution in [-0.2, 0) is 6.54 Å². The number of hydrogen-bond acceptors (Lipinski definition) is 5. The normalized spacial score (nSPS) is 11.3. The van der Waals surface area contributed by atoms with E-state index in [4.69, 9.17) is 14.1 Å². The third-order valence-corrected chi connectivity index (χ3v) is 5.16. The van der Waals surface area contributed by atoms with Gasteiger partial charge >= 0.3 is 0 Å². The van der Waals surface area contributed by atoms with Gasteiger partial charge in [0.05, 0.1) is 31.0 Å². The van der Waals surface area contributed by atoms with Gasteiger partial charge in [-0.3, -0.25) is 9.20 Å². The zero-order chi connectivity index (χ0) is 20.7. The lowest BCUT2D eigenvalue weighted by Gasteiger charge is -2.09. The van der Waals surface area contributed by atoms with Crippen molar-refractivity contribution < 1.29 is 9.15 Å². The van der Waals surface area contributed by atoms with Gasteiger partial charge in [-0.2, -0.15) is 0 Å². The third kappa shape index (κ3) is 3.00. The number of pyridine rings is 2. The summed E-state index contributed by atoms with van der Waals surface area (Å²) in [4.78, 5) is 20.8. The number of fused-ring (bicyclic) bond motifs is 2. The fourth-order valence-electron chi connectivity index (χ4n) is 3.63. The number of rotatable bonds is 5. The van der Waals surface area contributed by atoms with Gasteiger partial charge in [0.2, 0.25) is 0 Å². The number of ether oxygens (including phenoxy) is 1. The number of furan rings is 1. The number of benzene rings is 1. The maximum absolute atomic E-state index is 13.0. The van der Waals surface area contributed by atoms with Gasteiger partial charge in [0, 0.05) is 12.3 Å². The van der Waals surface area contributed by atoms with Crippen molar-refractivity contribution in [1.29, 1.82) is 0 Å². The first-order valence-corrected chi connectivity index (χ1v) is 9.59. The molecule has 0 atom stereocenters. The number of nitrogens with one attached hydrogen (secondary N) is 2. The standard InChI is InChI=1S/C23H20N4O3/c1-14-5-3-9-27-21(14)26-20(22(27)24-13-17-6-4-10-30-17)18-11-15-7-8-16(29-2)12-19(15)25-23(18)28/h3-12,24H,13H2,1-2H3,(H,25,28). The van der Waals surface area contributed by atoms with E-state index in [0.29, 0.717) is 29.1 Å². The first-order chi connectivity index (χ1) is 14.6. The van der Waals surface area contributed by atoms with Crippen molar-refractivity contribution in [1.82, 2.24) is 14.4 Å². The Labute approximate surface area is 171 Å². The van der Waals surface area contributed by atoms with E-state index in [-0.39, 0.29) is 5.56 Å². The van der Waals surface area contributed by atoms with E-state index >= 15 is 0 Å². The summed E-state index contributed by atoms with van der Waals surface area (Å²) in [7, 11) is 1.60. The molecule has 7 heteroatoms. The number of aromatic nitrogens is 3. The largest absolute Gasteiger partial charge is 0.497 e. The van der Waals surface area contributed by atoms with Crippen LogP contribution >= 0.6 is 0 Å². The highest BCUT2D eigenvalue weighted by molar-refractivity contribution is 5.87. The molecule has 4 heterocycles. The average Bonchev–Trinajstić information content (AvgIpc) is 3.39. The molecule has 1 aromatic carbocycles. The first kappa shape index (κ1) is 18.1. The molecular formula is C23H20N4O3. The van der Waals surface area contributed by atoms with Crippen molar-refractivity contribution in [3.05, 3.63) is 82.7 Å². The molecule has 0 bridgehead atoms. The Kier molecular flexibility index (Phi) is 4.28. The lowest BCUT2D eigenvalue weighted by atomic mass is 10.1. The molecule has 0 radical (unpaired) electrons. The van der Waals surface area contributed by atoms with Crippen molar-refractivity contribution in [3.8, 4) is 17.0 Å². The second-order valence-electron chi connectivity index (χ2n) is 7.09. The van der Waals surface area contributed by atoms with Crippen LogP contribution in [0.4, 0.5) is 5.82 Å². The predicted octanol–water partition coefficient (Wildman–Crippen LogP) is 4.36. The van der Waals surface area contributed by atoms with Crippen LogP contribution in [0.1, 0.15) is 11.3 Å². The van der Waals surface area contributed by atoms with Gasteiger partial charge in [-0.25, -0.2) is 4.98 Å². The number of nitrogens with zero attached hydrogens (tertiary/aromatic N) is 2. The molecule has 5 aromatic rings. The van der Waals surface area contributed by atoms with Crippen LogP contribution in [0, 0.1) is 6.92 Å². The fourth-order valence-corrected chi connectivity index (χ4v) is 3.63. The Morgan fingerprint density at radius 2 is 2.10 bits per heavy atom. The number of imidazole rings is 1.